The highest BCUT2D eigenvalue weighted by molar-refractivity contribution is 5.82. The molecule has 1 amide bonds. The van der Waals surface area contributed by atoms with Crippen molar-refractivity contribution in [1.82, 2.24) is 4.90 Å². The van der Waals surface area contributed by atoms with Crippen molar-refractivity contribution in [3.05, 3.63) is 0 Å². The van der Waals surface area contributed by atoms with Crippen molar-refractivity contribution in [2.24, 2.45) is 11.7 Å². The number of carbonyl (C=O) groups excluding carboxylic acids is 1. The van der Waals surface area contributed by atoms with E-state index in [1.165, 1.54) is 0 Å². The summed E-state index contributed by atoms with van der Waals surface area (Å²) in [7, 11) is 1.82. The van der Waals surface area contributed by atoms with Crippen molar-refractivity contribution in [1.29, 1.82) is 0 Å². The largest absolute Gasteiger partial charge is 0.379 e. The Bertz CT molecular complexity index is 215. The molecule has 0 aromatic heterocycles. The van der Waals surface area contributed by atoms with Crippen LogP contribution < -0.4 is 5.73 Å². The Morgan fingerprint density at radius 3 is 2.80 bits per heavy atom. The van der Waals surface area contributed by atoms with Gasteiger partial charge in [0, 0.05) is 13.7 Å². The summed E-state index contributed by atoms with van der Waals surface area (Å²) in [5.74, 6) is 0.280. The summed E-state index contributed by atoms with van der Waals surface area (Å²) < 4.78 is 5.26. The molecule has 1 fully saturated rings. The Kier molecular flexibility index (Phi) is 4.54. The molecule has 4 nitrogen and oxygen atoms in total. The van der Waals surface area contributed by atoms with Crippen LogP contribution in [0.25, 0.3) is 0 Å². The highest BCUT2D eigenvalue weighted by Gasteiger charge is 2.29. The molecule has 1 unspecified atom stereocenters. The molecule has 0 bridgehead atoms. The van der Waals surface area contributed by atoms with E-state index in [4.69, 9.17) is 10.5 Å². The average Bonchev–Trinajstić information content (AvgIpc) is 2.78. The van der Waals surface area contributed by atoms with Crippen LogP contribution in [0.4, 0.5) is 0 Å². The van der Waals surface area contributed by atoms with Gasteiger partial charge >= 0.3 is 0 Å². The monoisotopic (exact) mass is 214 g/mol. The van der Waals surface area contributed by atoms with E-state index in [2.05, 4.69) is 6.92 Å². The Balaban J connectivity index is 2.50. The van der Waals surface area contributed by atoms with Gasteiger partial charge in [-0.3, -0.25) is 4.79 Å². The molecule has 1 rings (SSSR count). The summed E-state index contributed by atoms with van der Waals surface area (Å²) >= 11 is 0. The first-order valence-electron chi connectivity index (χ1n) is 5.68. The zero-order valence-corrected chi connectivity index (χ0v) is 9.90. The fourth-order valence-electron chi connectivity index (χ4n) is 1.74. The SMILES string of the molecule is CC[C@H](C)[C@H](N)C(=O)N(C)C1CCOC1. The Labute approximate surface area is 91.8 Å². The van der Waals surface area contributed by atoms with Gasteiger partial charge in [-0.15, -0.1) is 0 Å². The van der Waals surface area contributed by atoms with Crippen LogP contribution in [0, 0.1) is 5.92 Å². The second-order valence-corrected chi connectivity index (χ2v) is 4.38. The average molecular weight is 214 g/mol. The number of rotatable bonds is 4. The van der Waals surface area contributed by atoms with Crippen LogP contribution in [-0.4, -0.2) is 43.2 Å². The molecular formula is C11H22N2O2. The maximum absolute atomic E-state index is 12.0. The third-order valence-electron chi connectivity index (χ3n) is 3.34. The molecule has 1 heterocycles. The van der Waals surface area contributed by atoms with E-state index in [1.807, 2.05) is 14.0 Å². The van der Waals surface area contributed by atoms with Crippen LogP contribution in [0.15, 0.2) is 0 Å². The summed E-state index contributed by atoms with van der Waals surface area (Å²) in [4.78, 5) is 13.7. The molecule has 1 aliphatic heterocycles. The van der Waals surface area contributed by atoms with Crippen molar-refractivity contribution in [3.8, 4) is 0 Å². The second kappa shape index (κ2) is 5.47. The van der Waals surface area contributed by atoms with E-state index in [0.29, 0.717) is 6.61 Å². The number of hydrogen-bond acceptors (Lipinski definition) is 3. The van der Waals surface area contributed by atoms with Crippen molar-refractivity contribution in [2.75, 3.05) is 20.3 Å². The zero-order chi connectivity index (χ0) is 11.4. The first kappa shape index (κ1) is 12.5. The minimum Gasteiger partial charge on any atom is -0.379 e. The Morgan fingerprint density at radius 1 is 1.67 bits per heavy atom. The molecule has 0 aromatic carbocycles. The summed E-state index contributed by atoms with van der Waals surface area (Å²) in [5, 5.41) is 0. The van der Waals surface area contributed by atoms with Crippen LogP contribution in [0.1, 0.15) is 26.7 Å². The summed E-state index contributed by atoms with van der Waals surface area (Å²) in [5.41, 5.74) is 5.91. The molecule has 4 heteroatoms. The van der Waals surface area contributed by atoms with Gasteiger partial charge in [0.25, 0.3) is 0 Å². The van der Waals surface area contributed by atoms with Gasteiger partial charge in [-0.25, -0.2) is 0 Å². The fraction of sp³-hybridized carbons (Fsp3) is 0.909. The summed E-state index contributed by atoms with van der Waals surface area (Å²) in [6.45, 7) is 5.47. The third kappa shape index (κ3) is 2.92. The van der Waals surface area contributed by atoms with Gasteiger partial charge in [0.1, 0.15) is 0 Å². The molecule has 1 aliphatic rings. The normalized spacial score (nSPS) is 24.9. The lowest BCUT2D eigenvalue weighted by molar-refractivity contribution is -0.134. The van der Waals surface area contributed by atoms with Crippen molar-refractivity contribution >= 4 is 5.91 Å². The van der Waals surface area contributed by atoms with Crippen molar-refractivity contribution in [2.45, 2.75) is 38.8 Å². The lowest BCUT2D eigenvalue weighted by atomic mass is 9.98. The molecule has 0 spiro atoms. The van der Waals surface area contributed by atoms with Gasteiger partial charge < -0.3 is 15.4 Å². The quantitative estimate of drug-likeness (QED) is 0.746. The Hall–Kier alpha value is -0.610. The van der Waals surface area contributed by atoms with Gasteiger partial charge in [0.05, 0.1) is 18.7 Å². The minimum atomic E-state index is -0.374. The molecule has 0 saturated carbocycles. The standard InChI is InChI=1S/C11H22N2O2/c1-4-8(2)10(12)11(14)13(3)9-5-6-15-7-9/h8-10H,4-7,12H2,1-3H3/t8-,9?,10-/m0/s1. The fourth-order valence-corrected chi connectivity index (χ4v) is 1.74. The van der Waals surface area contributed by atoms with E-state index >= 15 is 0 Å². The van der Waals surface area contributed by atoms with Gasteiger partial charge in [-0.2, -0.15) is 0 Å². The van der Waals surface area contributed by atoms with Gasteiger partial charge in [-0.1, -0.05) is 20.3 Å². The first-order valence-corrected chi connectivity index (χ1v) is 5.68. The number of hydrogen-bond donors (Lipinski definition) is 1. The lowest BCUT2D eigenvalue weighted by Gasteiger charge is -2.28. The lowest BCUT2D eigenvalue weighted by Crippen LogP contribution is -2.49. The molecule has 0 aliphatic carbocycles. The number of nitrogens with two attached hydrogens (primary N) is 1. The van der Waals surface area contributed by atoms with Crippen molar-refractivity contribution < 1.29 is 9.53 Å². The first-order chi connectivity index (χ1) is 7.07. The number of likely N-dealkylation sites (N-methyl/N-ethyl adjacent to an activating group) is 1. The van der Waals surface area contributed by atoms with E-state index in [1.54, 1.807) is 4.90 Å². The van der Waals surface area contributed by atoms with Crippen LogP contribution in [0.2, 0.25) is 0 Å². The summed E-state index contributed by atoms with van der Waals surface area (Å²) in [6.07, 6.45) is 1.86. The van der Waals surface area contributed by atoms with Crippen LogP contribution in [0.3, 0.4) is 0 Å². The Morgan fingerprint density at radius 2 is 2.33 bits per heavy atom. The highest BCUT2D eigenvalue weighted by Crippen LogP contribution is 2.14. The van der Waals surface area contributed by atoms with E-state index in [9.17, 15) is 4.79 Å². The zero-order valence-electron chi connectivity index (χ0n) is 9.90. The van der Waals surface area contributed by atoms with Gasteiger partial charge in [-0.05, 0) is 12.3 Å². The van der Waals surface area contributed by atoms with Gasteiger partial charge in [0.15, 0.2) is 0 Å². The molecule has 0 aromatic rings. The van der Waals surface area contributed by atoms with Crippen molar-refractivity contribution in [3.63, 3.8) is 0 Å². The molecule has 1 saturated heterocycles. The van der Waals surface area contributed by atoms with E-state index in [-0.39, 0.29) is 23.9 Å². The second-order valence-electron chi connectivity index (χ2n) is 4.38. The molecule has 88 valence electrons. The highest BCUT2D eigenvalue weighted by atomic mass is 16.5. The number of carbonyl (C=O) groups is 1. The maximum Gasteiger partial charge on any atom is 0.239 e. The number of ether oxygens (including phenoxy) is 1. The van der Waals surface area contributed by atoms with Crippen LogP contribution in [0.5, 0.6) is 0 Å². The van der Waals surface area contributed by atoms with E-state index < -0.39 is 0 Å². The van der Waals surface area contributed by atoms with E-state index in [0.717, 1.165) is 19.4 Å². The summed E-state index contributed by atoms with van der Waals surface area (Å²) in [6, 6.07) is -0.159. The number of nitrogens with zero attached hydrogens (tertiary/aromatic N) is 1. The topological polar surface area (TPSA) is 55.6 Å². The molecule has 3 atom stereocenters. The molecular weight excluding hydrogens is 192 g/mol. The molecule has 2 N–H and O–H groups in total. The minimum absolute atomic E-state index is 0.0415. The van der Waals surface area contributed by atoms with Crippen LogP contribution in [-0.2, 0) is 9.53 Å². The predicted octanol–water partition coefficient (Wildman–Crippen LogP) is 0.607. The number of amides is 1. The molecule has 0 radical (unpaired) electrons. The predicted molar refractivity (Wildman–Crippen MR) is 59.4 cm³/mol. The third-order valence-corrected chi connectivity index (χ3v) is 3.34. The maximum atomic E-state index is 12.0. The molecule has 15 heavy (non-hydrogen) atoms. The smallest absolute Gasteiger partial charge is 0.239 e. The van der Waals surface area contributed by atoms with Gasteiger partial charge in [0.2, 0.25) is 5.91 Å². The van der Waals surface area contributed by atoms with Crippen LogP contribution >= 0.6 is 0 Å².